The molecule has 108 valence electrons. The number of H-pyrrole nitrogens is 1. The first kappa shape index (κ1) is 15.6. The number of nitrogens with one attached hydrogen (secondary N) is 1. The average Bonchev–Trinajstić information content (AvgIpc) is 2.64. The van der Waals surface area contributed by atoms with Gasteiger partial charge in [-0.15, -0.1) is 0 Å². The fraction of sp³-hybridized carbons (Fsp3) is 0.600. The lowest BCUT2D eigenvalue weighted by Gasteiger charge is -2.19. The molecule has 0 aliphatic heterocycles. The van der Waals surface area contributed by atoms with E-state index in [2.05, 4.69) is 10.2 Å². The van der Waals surface area contributed by atoms with Gasteiger partial charge in [-0.1, -0.05) is 0 Å². The largest absolute Gasteiger partial charge is 0.480 e. The summed E-state index contributed by atoms with van der Waals surface area (Å²) in [5, 5.41) is 15.2. The molecule has 1 heterocycles. The summed E-state index contributed by atoms with van der Waals surface area (Å²) < 4.78 is 30.5. The number of aryl methyl sites for hydroxylation is 2. The number of sulfonamides is 1. The van der Waals surface area contributed by atoms with Crippen LogP contribution >= 0.6 is 0 Å². The molecule has 1 aromatic heterocycles. The van der Waals surface area contributed by atoms with Crippen LogP contribution in [-0.4, -0.2) is 60.8 Å². The first-order valence-corrected chi connectivity index (χ1v) is 6.97. The smallest absolute Gasteiger partial charge is 0.318 e. The molecule has 9 heteroatoms. The average molecular weight is 291 g/mol. The lowest BCUT2D eigenvalue weighted by Crippen LogP contribution is -2.38. The van der Waals surface area contributed by atoms with Crippen LogP contribution in [0.15, 0.2) is 4.90 Å². The van der Waals surface area contributed by atoms with Crippen LogP contribution in [0.4, 0.5) is 0 Å². The molecule has 1 rings (SSSR count). The minimum Gasteiger partial charge on any atom is -0.480 e. The molecule has 0 unspecified atom stereocenters. The van der Waals surface area contributed by atoms with Crippen LogP contribution in [0, 0.1) is 13.8 Å². The van der Waals surface area contributed by atoms with Gasteiger partial charge in [0.15, 0.2) is 0 Å². The Morgan fingerprint density at radius 2 is 2.11 bits per heavy atom. The van der Waals surface area contributed by atoms with Gasteiger partial charge in [-0.3, -0.25) is 9.89 Å². The van der Waals surface area contributed by atoms with Crippen LogP contribution in [0.25, 0.3) is 0 Å². The number of carboxylic acids is 1. The maximum atomic E-state index is 12.4. The molecule has 1 aromatic rings. The van der Waals surface area contributed by atoms with Crippen molar-refractivity contribution in [2.24, 2.45) is 0 Å². The Labute approximate surface area is 111 Å². The van der Waals surface area contributed by atoms with Gasteiger partial charge in [0, 0.05) is 13.7 Å². The Kier molecular flexibility index (Phi) is 5.04. The van der Waals surface area contributed by atoms with Crippen molar-refractivity contribution in [3.05, 3.63) is 11.4 Å². The predicted octanol–water partition coefficient (Wildman–Crippen LogP) is -0.252. The Hall–Kier alpha value is -1.45. The zero-order valence-electron chi connectivity index (χ0n) is 11.0. The maximum absolute atomic E-state index is 12.4. The minimum absolute atomic E-state index is 0.0184. The van der Waals surface area contributed by atoms with E-state index in [4.69, 9.17) is 9.84 Å². The Bertz CT molecular complexity index is 532. The quantitative estimate of drug-likeness (QED) is 0.716. The summed E-state index contributed by atoms with van der Waals surface area (Å²) in [6, 6.07) is 0. The highest BCUT2D eigenvalue weighted by molar-refractivity contribution is 7.89. The molecule has 0 atom stereocenters. The van der Waals surface area contributed by atoms with E-state index in [0.29, 0.717) is 11.4 Å². The molecule has 0 saturated carbocycles. The Morgan fingerprint density at radius 1 is 1.47 bits per heavy atom. The van der Waals surface area contributed by atoms with Gasteiger partial charge in [0.05, 0.1) is 18.0 Å². The van der Waals surface area contributed by atoms with E-state index < -0.39 is 22.5 Å². The van der Waals surface area contributed by atoms with Gasteiger partial charge in [-0.05, 0) is 13.8 Å². The van der Waals surface area contributed by atoms with Crippen LogP contribution in [0.1, 0.15) is 11.4 Å². The SMILES string of the molecule is COCCN(CC(=O)O)S(=O)(=O)c1c(C)n[nH]c1C. The monoisotopic (exact) mass is 291 g/mol. The zero-order chi connectivity index (χ0) is 14.6. The van der Waals surface area contributed by atoms with E-state index in [1.54, 1.807) is 13.8 Å². The van der Waals surface area contributed by atoms with Crippen molar-refractivity contribution in [2.75, 3.05) is 26.8 Å². The molecule has 0 saturated heterocycles. The van der Waals surface area contributed by atoms with Crippen molar-refractivity contribution in [3.8, 4) is 0 Å². The van der Waals surface area contributed by atoms with Crippen molar-refractivity contribution in [1.29, 1.82) is 0 Å². The molecule has 0 aliphatic carbocycles. The number of carbonyl (C=O) groups is 1. The number of hydrogen-bond donors (Lipinski definition) is 2. The number of hydrogen-bond acceptors (Lipinski definition) is 5. The number of nitrogens with zero attached hydrogens (tertiary/aromatic N) is 2. The highest BCUT2D eigenvalue weighted by atomic mass is 32.2. The van der Waals surface area contributed by atoms with Crippen molar-refractivity contribution in [3.63, 3.8) is 0 Å². The summed E-state index contributed by atoms with van der Waals surface area (Å²) in [6.07, 6.45) is 0. The number of aromatic amines is 1. The summed E-state index contributed by atoms with van der Waals surface area (Å²) in [7, 11) is -2.49. The Morgan fingerprint density at radius 3 is 2.53 bits per heavy atom. The molecule has 0 amide bonds. The third-order valence-electron chi connectivity index (χ3n) is 2.51. The molecule has 0 radical (unpaired) electrons. The zero-order valence-corrected chi connectivity index (χ0v) is 11.8. The highest BCUT2D eigenvalue weighted by Gasteiger charge is 2.30. The lowest BCUT2D eigenvalue weighted by atomic mass is 10.4. The van der Waals surface area contributed by atoms with Crippen LogP contribution in [-0.2, 0) is 19.6 Å². The van der Waals surface area contributed by atoms with Crippen molar-refractivity contribution >= 4 is 16.0 Å². The molecule has 2 N–H and O–H groups in total. The summed E-state index contributed by atoms with van der Waals surface area (Å²) in [6.45, 7) is 2.58. The lowest BCUT2D eigenvalue weighted by molar-refractivity contribution is -0.137. The minimum atomic E-state index is -3.91. The molecule has 19 heavy (non-hydrogen) atoms. The van der Waals surface area contributed by atoms with E-state index in [0.717, 1.165) is 4.31 Å². The molecule has 0 aliphatic rings. The fourth-order valence-corrected chi connectivity index (χ4v) is 3.38. The second kappa shape index (κ2) is 6.13. The van der Waals surface area contributed by atoms with Crippen molar-refractivity contribution in [1.82, 2.24) is 14.5 Å². The summed E-state index contributed by atoms with van der Waals surface area (Å²) in [5.41, 5.74) is 0.690. The predicted molar refractivity (Wildman–Crippen MR) is 66.3 cm³/mol. The number of rotatable bonds is 7. The number of carboxylic acid groups (broad SMARTS) is 1. The van der Waals surface area contributed by atoms with Crippen LogP contribution in [0.5, 0.6) is 0 Å². The van der Waals surface area contributed by atoms with E-state index in [-0.39, 0.29) is 18.0 Å². The van der Waals surface area contributed by atoms with E-state index in [9.17, 15) is 13.2 Å². The number of aliphatic carboxylic acids is 1. The van der Waals surface area contributed by atoms with Gasteiger partial charge in [-0.2, -0.15) is 9.40 Å². The molecule has 0 bridgehead atoms. The molecular weight excluding hydrogens is 274 g/mol. The van der Waals surface area contributed by atoms with Gasteiger partial charge in [0.25, 0.3) is 0 Å². The molecular formula is C10H17N3O5S. The number of ether oxygens (including phenoxy) is 1. The summed E-state index contributed by atoms with van der Waals surface area (Å²) in [4.78, 5) is 10.8. The third-order valence-corrected chi connectivity index (χ3v) is 4.62. The summed E-state index contributed by atoms with van der Waals surface area (Å²) >= 11 is 0. The number of aromatic nitrogens is 2. The number of methoxy groups -OCH3 is 1. The van der Waals surface area contributed by atoms with Gasteiger partial charge in [-0.25, -0.2) is 8.42 Å². The first-order chi connectivity index (χ1) is 8.80. The first-order valence-electron chi connectivity index (χ1n) is 5.53. The third kappa shape index (κ3) is 3.52. The standard InChI is InChI=1S/C10H17N3O5S/c1-7-10(8(2)12-11-7)19(16,17)13(4-5-18-3)6-9(14)15/h4-6H2,1-3H3,(H,11,12)(H,14,15). The van der Waals surface area contributed by atoms with Crippen molar-refractivity contribution < 1.29 is 23.1 Å². The highest BCUT2D eigenvalue weighted by Crippen LogP contribution is 2.21. The topological polar surface area (TPSA) is 113 Å². The van der Waals surface area contributed by atoms with Crippen LogP contribution in [0.2, 0.25) is 0 Å². The molecule has 0 aromatic carbocycles. The van der Waals surface area contributed by atoms with Gasteiger partial charge < -0.3 is 9.84 Å². The van der Waals surface area contributed by atoms with Gasteiger partial charge in [0.1, 0.15) is 11.4 Å². The Balaban J connectivity index is 3.15. The fourth-order valence-electron chi connectivity index (χ4n) is 1.68. The molecule has 8 nitrogen and oxygen atoms in total. The summed E-state index contributed by atoms with van der Waals surface area (Å²) in [5.74, 6) is -1.22. The van der Waals surface area contributed by atoms with Gasteiger partial charge in [0.2, 0.25) is 10.0 Å². The van der Waals surface area contributed by atoms with E-state index in [1.165, 1.54) is 7.11 Å². The second-order valence-electron chi connectivity index (χ2n) is 3.99. The normalized spacial score (nSPS) is 12.0. The second-order valence-corrected chi connectivity index (χ2v) is 5.86. The van der Waals surface area contributed by atoms with Crippen molar-refractivity contribution in [2.45, 2.75) is 18.7 Å². The molecule has 0 spiro atoms. The van der Waals surface area contributed by atoms with E-state index >= 15 is 0 Å². The molecule has 0 fully saturated rings. The maximum Gasteiger partial charge on any atom is 0.318 e. The van der Waals surface area contributed by atoms with Crippen LogP contribution in [0.3, 0.4) is 0 Å². The van der Waals surface area contributed by atoms with Gasteiger partial charge >= 0.3 is 5.97 Å². The van der Waals surface area contributed by atoms with Crippen LogP contribution < -0.4 is 0 Å². The van der Waals surface area contributed by atoms with E-state index in [1.807, 2.05) is 0 Å².